The van der Waals surface area contributed by atoms with E-state index >= 15 is 0 Å². The van der Waals surface area contributed by atoms with Crippen molar-refractivity contribution in [3.8, 4) is 11.5 Å². The number of ketones is 1. The van der Waals surface area contributed by atoms with Gasteiger partial charge in [-0.3, -0.25) is 19.5 Å². The molecule has 4 rings (SSSR count). The zero-order valence-electron chi connectivity index (χ0n) is 18.2. The number of benzene rings is 2. The molecular weight excluding hydrogens is 444 g/mol. The van der Waals surface area contributed by atoms with Gasteiger partial charge in [-0.25, -0.2) is 0 Å². The summed E-state index contributed by atoms with van der Waals surface area (Å²) in [5.74, 6) is -1.18. The Labute approximate surface area is 195 Å². The molecule has 1 unspecified atom stereocenters. The second-order valence-corrected chi connectivity index (χ2v) is 7.88. The van der Waals surface area contributed by atoms with Gasteiger partial charge in [0.15, 0.2) is 0 Å². The first kappa shape index (κ1) is 22.4. The van der Waals surface area contributed by atoms with Gasteiger partial charge >= 0.3 is 0 Å². The summed E-state index contributed by atoms with van der Waals surface area (Å²) in [6.07, 6.45) is 3.12. The van der Waals surface area contributed by atoms with Crippen molar-refractivity contribution in [2.24, 2.45) is 0 Å². The number of ether oxygens (including phenoxy) is 2. The number of amides is 1. The van der Waals surface area contributed by atoms with Crippen molar-refractivity contribution >= 4 is 34.7 Å². The summed E-state index contributed by atoms with van der Waals surface area (Å²) < 4.78 is 10.7. The van der Waals surface area contributed by atoms with Crippen LogP contribution in [0.25, 0.3) is 5.76 Å². The molecule has 1 N–H and O–H groups in total. The van der Waals surface area contributed by atoms with Crippen molar-refractivity contribution in [3.63, 3.8) is 0 Å². The summed E-state index contributed by atoms with van der Waals surface area (Å²) in [6.45, 7) is 1.82. The van der Waals surface area contributed by atoms with Crippen LogP contribution in [0, 0.1) is 6.92 Å². The minimum absolute atomic E-state index is 0.0721. The Balaban J connectivity index is 2.01. The van der Waals surface area contributed by atoms with Gasteiger partial charge in [0.1, 0.15) is 17.3 Å². The Bertz CT molecular complexity index is 1270. The molecule has 1 aliphatic rings. The smallest absolute Gasteiger partial charge is 0.300 e. The number of pyridine rings is 1. The lowest BCUT2D eigenvalue weighted by molar-refractivity contribution is -0.132. The molecule has 1 aromatic heterocycles. The lowest BCUT2D eigenvalue weighted by Crippen LogP contribution is -2.30. The van der Waals surface area contributed by atoms with E-state index < -0.39 is 17.7 Å². The average molecular weight is 465 g/mol. The fourth-order valence-corrected chi connectivity index (χ4v) is 4.09. The molecule has 8 heteroatoms. The van der Waals surface area contributed by atoms with Crippen molar-refractivity contribution in [1.29, 1.82) is 0 Å². The zero-order chi connectivity index (χ0) is 23.7. The summed E-state index contributed by atoms with van der Waals surface area (Å²) >= 11 is 6.22. The van der Waals surface area contributed by atoms with Gasteiger partial charge < -0.3 is 14.6 Å². The lowest BCUT2D eigenvalue weighted by Gasteiger charge is -2.27. The van der Waals surface area contributed by atoms with Gasteiger partial charge in [-0.15, -0.1) is 0 Å². The second kappa shape index (κ2) is 8.96. The fraction of sp³-hybridized carbons (Fsp3) is 0.160. The van der Waals surface area contributed by atoms with E-state index in [1.165, 1.54) is 19.1 Å². The number of aliphatic hydroxyl groups is 1. The Morgan fingerprint density at radius 2 is 1.76 bits per heavy atom. The molecule has 0 radical (unpaired) electrons. The number of aromatic nitrogens is 1. The average Bonchev–Trinajstić information content (AvgIpc) is 3.10. The molecular formula is C25H21ClN2O5. The van der Waals surface area contributed by atoms with Gasteiger partial charge in [0, 0.05) is 23.1 Å². The first-order chi connectivity index (χ1) is 15.9. The third-order valence-electron chi connectivity index (χ3n) is 5.56. The Morgan fingerprint density at radius 3 is 2.42 bits per heavy atom. The van der Waals surface area contributed by atoms with E-state index in [-0.39, 0.29) is 16.9 Å². The summed E-state index contributed by atoms with van der Waals surface area (Å²) in [5, 5.41) is 11.8. The van der Waals surface area contributed by atoms with E-state index in [0.717, 1.165) is 5.56 Å². The predicted octanol–water partition coefficient (Wildman–Crippen LogP) is 4.69. The third kappa shape index (κ3) is 3.91. The fourth-order valence-electron chi connectivity index (χ4n) is 3.93. The van der Waals surface area contributed by atoms with Crippen molar-refractivity contribution in [1.82, 2.24) is 4.98 Å². The van der Waals surface area contributed by atoms with Crippen LogP contribution >= 0.6 is 11.6 Å². The molecule has 2 heterocycles. The quantitative estimate of drug-likeness (QED) is 0.335. The second-order valence-electron chi connectivity index (χ2n) is 7.45. The minimum atomic E-state index is -0.902. The first-order valence-corrected chi connectivity index (χ1v) is 10.4. The van der Waals surface area contributed by atoms with Crippen molar-refractivity contribution in [3.05, 3.63) is 88.2 Å². The number of carbonyl (C=O) groups excluding carboxylic acids is 2. The minimum Gasteiger partial charge on any atom is -0.507 e. The summed E-state index contributed by atoms with van der Waals surface area (Å²) in [6, 6.07) is 12.4. The highest BCUT2D eigenvalue weighted by molar-refractivity contribution is 6.52. The first-order valence-electron chi connectivity index (χ1n) is 10.1. The molecule has 2 aromatic carbocycles. The predicted molar refractivity (Wildman–Crippen MR) is 125 cm³/mol. The van der Waals surface area contributed by atoms with E-state index in [2.05, 4.69) is 4.98 Å². The van der Waals surface area contributed by atoms with E-state index in [1.54, 1.807) is 60.9 Å². The van der Waals surface area contributed by atoms with Crippen LogP contribution in [0.4, 0.5) is 5.69 Å². The molecule has 1 atom stereocenters. The van der Waals surface area contributed by atoms with Gasteiger partial charge in [-0.2, -0.15) is 0 Å². The van der Waals surface area contributed by atoms with Crippen LogP contribution in [0.2, 0.25) is 5.02 Å². The van der Waals surface area contributed by atoms with Crippen molar-refractivity contribution in [2.45, 2.75) is 13.0 Å². The van der Waals surface area contributed by atoms with E-state index in [9.17, 15) is 14.7 Å². The van der Waals surface area contributed by atoms with E-state index in [1.807, 2.05) is 6.92 Å². The molecule has 0 bridgehead atoms. The maximum absolute atomic E-state index is 13.3. The van der Waals surface area contributed by atoms with E-state index in [4.69, 9.17) is 21.1 Å². The van der Waals surface area contributed by atoms with Crippen molar-refractivity contribution in [2.75, 3.05) is 19.1 Å². The van der Waals surface area contributed by atoms with Gasteiger partial charge in [-0.1, -0.05) is 17.7 Å². The van der Waals surface area contributed by atoms with Crippen LogP contribution in [0.1, 0.15) is 22.7 Å². The Morgan fingerprint density at radius 1 is 1.03 bits per heavy atom. The van der Waals surface area contributed by atoms with E-state index in [0.29, 0.717) is 27.8 Å². The number of methoxy groups -OCH3 is 2. The van der Waals surface area contributed by atoms with Gasteiger partial charge in [0.25, 0.3) is 11.7 Å². The Kier molecular flexibility index (Phi) is 6.07. The number of aliphatic hydroxyl groups excluding tert-OH is 1. The Hall–Kier alpha value is -3.84. The highest BCUT2D eigenvalue weighted by atomic mass is 35.5. The normalized spacial score (nSPS) is 17.3. The monoisotopic (exact) mass is 464 g/mol. The topological polar surface area (TPSA) is 89.0 Å². The van der Waals surface area contributed by atoms with Gasteiger partial charge in [-0.05, 0) is 60.5 Å². The number of aryl methyl sites for hydroxylation is 1. The number of Topliss-reactive ketones (excluding diaryl/α,β-unsaturated/α-hetero) is 1. The number of nitrogens with zero attached hydrogens (tertiary/aromatic N) is 2. The van der Waals surface area contributed by atoms with Crippen LogP contribution in [0.3, 0.4) is 0 Å². The number of rotatable bonds is 5. The van der Waals surface area contributed by atoms with Crippen molar-refractivity contribution < 1.29 is 24.2 Å². The van der Waals surface area contributed by atoms with Crippen LogP contribution in [0.5, 0.6) is 11.5 Å². The van der Waals surface area contributed by atoms with Crippen LogP contribution in [0.15, 0.2) is 66.5 Å². The van der Waals surface area contributed by atoms with Crippen LogP contribution < -0.4 is 14.4 Å². The number of anilines is 1. The molecule has 1 aliphatic heterocycles. The standard InChI is InChI=1S/C25H21ClN2O5/c1-14-4-5-16(26)12-19(14)28-22(15-8-10-27-11-9-15)21(24(30)25(28)31)23(29)18-13-17(32-2)6-7-20(18)33-3/h4-13,22,29H,1-3H3/b23-21+. The molecule has 0 aliphatic carbocycles. The molecule has 0 saturated carbocycles. The SMILES string of the molecule is COc1ccc(OC)c(/C(O)=C2\C(=O)C(=O)N(c3cc(Cl)ccc3C)C2c2ccncc2)c1. The zero-order valence-corrected chi connectivity index (χ0v) is 19.0. The summed E-state index contributed by atoms with van der Waals surface area (Å²) in [4.78, 5) is 32.0. The molecule has 1 saturated heterocycles. The molecule has 168 valence electrons. The number of halogens is 1. The highest BCUT2D eigenvalue weighted by Gasteiger charge is 2.47. The summed E-state index contributed by atoms with van der Waals surface area (Å²) in [5.41, 5.74) is 1.99. The highest BCUT2D eigenvalue weighted by Crippen LogP contribution is 2.44. The lowest BCUT2D eigenvalue weighted by atomic mass is 9.95. The molecule has 1 fully saturated rings. The van der Waals surface area contributed by atoms with Crippen LogP contribution in [-0.2, 0) is 9.59 Å². The maximum atomic E-state index is 13.3. The molecule has 0 spiro atoms. The van der Waals surface area contributed by atoms with Crippen LogP contribution in [-0.4, -0.2) is 36.0 Å². The molecule has 7 nitrogen and oxygen atoms in total. The summed E-state index contributed by atoms with van der Waals surface area (Å²) in [7, 11) is 2.94. The molecule has 33 heavy (non-hydrogen) atoms. The number of hydrogen-bond donors (Lipinski definition) is 1. The third-order valence-corrected chi connectivity index (χ3v) is 5.79. The largest absolute Gasteiger partial charge is 0.507 e. The van der Waals surface area contributed by atoms with Gasteiger partial charge in [0.2, 0.25) is 0 Å². The number of carbonyl (C=O) groups is 2. The number of hydrogen-bond acceptors (Lipinski definition) is 6. The maximum Gasteiger partial charge on any atom is 0.300 e. The molecule has 1 amide bonds. The van der Waals surface area contributed by atoms with Gasteiger partial charge in [0.05, 0.1) is 31.4 Å². The molecule has 3 aromatic rings.